The van der Waals surface area contributed by atoms with Gasteiger partial charge in [-0.05, 0) is 25.1 Å². The fraction of sp³-hybridized carbons (Fsp3) is 0.111. The third-order valence-corrected chi connectivity index (χ3v) is 3.90. The highest BCUT2D eigenvalue weighted by atomic mass is 16.5. The third kappa shape index (κ3) is 3.56. The van der Waals surface area contributed by atoms with Gasteiger partial charge in [0.15, 0.2) is 11.6 Å². The first-order chi connectivity index (χ1) is 13.6. The summed E-state index contributed by atoms with van der Waals surface area (Å²) in [7, 11) is 0. The zero-order valence-electron chi connectivity index (χ0n) is 14.8. The van der Waals surface area contributed by atoms with E-state index in [0.29, 0.717) is 28.7 Å². The average molecular weight is 377 g/mol. The van der Waals surface area contributed by atoms with Gasteiger partial charge < -0.3 is 15.2 Å². The Balaban J connectivity index is 1.39. The van der Waals surface area contributed by atoms with Crippen LogP contribution in [0.4, 0.5) is 5.82 Å². The van der Waals surface area contributed by atoms with Crippen LogP contribution in [-0.4, -0.2) is 43.1 Å². The summed E-state index contributed by atoms with van der Waals surface area (Å²) >= 11 is 0. The molecule has 2 N–H and O–H groups in total. The van der Waals surface area contributed by atoms with Gasteiger partial charge in [-0.1, -0.05) is 17.3 Å². The lowest BCUT2D eigenvalue weighted by atomic mass is 10.1. The van der Waals surface area contributed by atoms with Crippen LogP contribution in [0.2, 0.25) is 0 Å². The van der Waals surface area contributed by atoms with Crippen molar-refractivity contribution in [1.29, 1.82) is 0 Å². The number of fused-ring (bicyclic) bond motifs is 1. The molecular weight excluding hydrogens is 362 g/mol. The van der Waals surface area contributed by atoms with Gasteiger partial charge in [0.2, 0.25) is 5.91 Å². The van der Waals surface area contributed by atoms with Crippen molar-refractivity contribution in [3.8, 4) is 11.4 Å². The molecule has 3 heterocycles. The predicted octanol–water partition coefficient (Wildman–Crippen LogP) is 1.46. The molecule has 10 heteroatoms. The van der Waals surface area contributed by atoms with Crippen molar-refractivity contribution in [2.24, 2.45) is 0 Å². The van der Waals surface area contributed by atoms with Crippen molar-refractivity contribution < 1.29 is 14.1 Å². The second kappa shape index (κ2) is 7.27. The molecule has 3 aromatic heterocycles. The lowest BCUT2D eigenvalue weighted by molar-refractivity contribution is -0.115. The second-order valence-corrected chi connectivity index (χ2v) is 5.94. The molecule has 0 radical (unpaired) electrons. The first-order valence-corrected chi connectivity index (χ1v) is 8.38. The molecule has 2 amide bonds. The zero-order chi connectivity index (χ0) is 19.5. The number of rotatable bonds is 5. The first-order valence-electron chi connectivity index (χ1n) is 8.38. The molecule has 0 fully saturated rings. The van der Waals surface area contributed by atoms with E-state index in [-0.39, 0.29) is 12.5 Å². The van der Waals surface area contributed by atoms with E-state index >= 15 is 0 Å². The molecule has 140 valence electrons. The lowest BCUT2D eigenvalue weighted by Crippen LogP contribution is -2.32. The molecule has 0 aliphatic rings. The quantitative estimate of drug-likeness (QED) is 0.539. The minimum absolute atomic E-state index is 0.188. The maximum atomic E-state index is 12.2. The molecule has 0 spiro atoms. The molecule has 1 aromatic carbocycles. The smallest absolute Gasteiger partial charge is 0.255 e. The minimum Gasteiger partial charge on any atom is -0.360 e. The number of nitrogens with zero attached hydrogens (tertiary/aromatic N) is 5. The van der Waals surface area contributed by atoms with Crippen LogP contribution in [-0.2, 0) is 4.79 Å². The number of hydrogen-bond donors (Lipinski definition) is 2. The van der Waals surface area contributed by atoms with Crippen LogP contribution in [0.5, 0.6) is 0 Å². The number of aryl methyl sites for hydroxylation is 1. The fourth-order valence-electron chi connectivity index (χ4n) is 2.59. The van der Waals surface area contributed by atoms with Crippen molar-refractivity contribution in [1.82, 2.24) is 30.1 Å². The molecule has 0 saturated carbocycles. The SMILES string of the molecule is Cc1cc(NC(=O)CNC(=O)c2ccc(-c3nnc4ncccn34)cc2)no1. The van der Waals surface area contributed by atoms with Gasteiger partial charge in [-0.25, -0.2) is 4.98 Å². The summed E-state index contributed by atoms with van der Waals surface area (Å²) < 4.78 is 6.62. The summed E-state index contributed by atoms with van der Waals surface area (Å²) in [4.78, 5) is 28.2. The molecular formula is C18H15N7O3. The molecule has 28 heavy (non-hydrogen) atoms. The van der Waals surface area contributed by atoms with Gasteiger partial charge in [0.25, 0.3) is 11.7 Å². The normalized spacial score (nSPS) is 10.8. The van der Waals surface area contributed by atoms with Gasteiger partial charge in [-0.15, -0.1) is 10.2 Å². The van der Waals surface area contributed by atoms with Crippen molar-refractivity contribution in [3.63, 3.8) is 0 Å². The summed E-state index contributed by atoms with van der Waals surface area (Å²) in [5.41, 5.74) is 1.21. The Morgan fingerprint density at radius 3 is 2.75 bits per heavy atom. The Kier molecular flexibility index (Phi) is 4.50. The highest BCUT2D eigenvalue weighted by Crippen LogP contribution is 2.18. The molecule has 0 aliphatic carbocycles. The lowest BCUT2D eigenvalue weighted by Gasteiger charge is -2.06. The van der Waals surface area contributed by atoms with Gasteiger partial charge in [0.05, 0.1) is 6.54 Å². The van der Waals surface area contributed by atoms with Gasteiger partial charge in [0.1, 0.15) is 5.76 Å². The van der Waals surface area contributed by atoms with E-state index < -0.39 is 5.91 Å². The largest absolute Gasteiger partial charge is 0.360 e. The van der Waals surface area contributed by atoms with Gasteiger partial charge in [-0.3, -0.25) is 14.0 Å². The number of anilines is 1. The Bertz CT molecular complexity index is 1150. The van der Waals surface area contributed by atoms with Crippen LogP contribution in [0.3, 0.4) is 0 Å². The first kappa shape index (κ1) is 17.3. The molecule has 0 aliphatic heterocycles. The molecule has 0 atom stereocenters. The standard InChI is InChI=1S/C18H15N7O3/c1-11-9-14(24-28-11)21-15(26)10-20-17(27)13-5-3-12(4-6-13)16-22-23-18-19-7-2-8-25(16)18/h2-9H,10H2,1H3,(H,20,27)(H,21,24,26). The van der Waals surface area contributed by atoms with Crippen LogP contribution in [0, 0.1) is 6.92 Å². The Morgan fingerprint density at radius 1 is 1.18 bits per heavy atom. The number of hydrogen-bond acceptors (Lipinski definition) is 7. The monoisotopic (exact) mass is 377 g/mol. The molecule has 0 saturated heterocycles. The van der Waals surface area contributed by atoms with E-state index in [4.69, 9.17) is 4.52 Å². The van der Waals surface area contributed by atoms with Gasteiger partial charge >= 0.3 is 0 Å². The molecule has 4 rings (SSSR count). The number of amides is 2. The summed E-state index contributed by atoms with van der Waals surface area (Å²) in [6.45, 7) is 1.53. The van der Waals surface area contributed by atoms with Crippen molar-refractivity contribution in [3.05, 3.63) is 60.1 Å². The van der Waals surface area contributed by atoms with Crippen LogP contribution < -0.4 is 10.6 Å². The fourth-order valence-corrected chi connectivity index (χ4v) is 2.59. The van der Waals surface area contributed by atoms with Crippen molar-refractivity contribution in [2.75, 3.05) is 11.9 Å². The summed E-state index contributed by atoms with van der Waals surface area (Å²) in [6, 6.07) is 10.2. The maximum Gasteiger partial charge on any atom is 0.255 e. The molecule has 4 aromatic rings. The Labute approximate surface area is 158 Å². The topological polar surface area (TPSA) is 127 Å². The Hall–Kier alpha value is -4.08. The van der Waals surface area contributed by atoms with E-state index in [9.17, 15) is 9.59 Å². The third-order valence-electron chi connectivity index (χ3n) is 3.90. The molecule has 0 bridgehead atoms. The van der Waals surface area contributed by atoms with Crippen LogP contribution in [0.25, 0.3) is 17.2 Å². The van der Waals surface area contributed by atoms with Gasteiger partial charge in [0, 0.05) is 29.6 Å². The zero-order valence-corrected chi connectivity index (χ0v) is 14.8. The van der Waals surface area contributed by atoms with Crippen LogP contribution >= 0.6 is 0 Å². The predicted molar refractivity (Wildman–Crippen MR) is 98.4 cm³/mol. The number of benzene rings is 1. The summed E-state index contributed by atoms with van der Waals surface area (Å²) in [6.07, 6.45) is 3.45. The van der Waals surface area contributed by atoms with Crippen molar-refractivity contribution >= 4 is 23.4 Å². The highest BCUT2D eigenvalue weighted by Gasteiger charge is 2.12. The average Bonchev–Trinajstić information content (AvgIpc) is 3.32. The van der Waals surface area contributed by atoms with E-state index in [0.717, 1.165) is 5.56 Å². The van der Waals surface area contributed by atoms with Crippen molar-refractivity contribution in [2.45, 2.75) is 6.92 Å². The summed E-state index contributed by atoms with van der Waals surface area (Å²) in [5, 5.41) is 16.9. The number of nitrogens with one attached hydrogen (secondary N) is 2. The van der Waals surface area contributed by atoms with E-state index in [1.165, 1.54) is 0 Å². The maximum absolute atomic E-state index is 12.2. The number of carbonyl (C=O) groups is 2. The number of carbonyl (C=O) groups excluding carboxylic acids is 2. The Morgan fingerprint density at radius 2 is 2.00 bits per heavy atom. The number of aromatic nitrogens is 5. The highest BCUT2D eigenvalue weighted by molar-refractivity contribution is 5.99. The summed E-state index contributed by atoms with van der Waals surface area (Å²) in [5.74, 6) is 1.23. The van der Waals surface area contributed by atoms with E-state index in [2.05, 4.69) is 31.0 Å². The van der Waals surface area contributed by atoms with Crippen LogP contribution in [0.1, 0.15) is 16.1 Å². The molecule has 0 unspecified atom stereocenters. The van der Waals surface area contributed by atoms with E-state index in [1.807, 2.05) is 6.20 Å². The van der Waals surface area contributed by atoms with Crippen LogP contribution in [0.15, 0.2) is 53.3 Å². The second-order valence-electron chi connectivity index (χ2n) is 5.94. The molecule has 10 nitrogen and oxygen atoms in total. The van der Waals surface area contributed by atoms with Gasteiger partial charge in [-0.2, -0.15) is 0 Å². The minimum atomic E-state index is -0.402. The van der Waals surface area contributed by atoms with E-state index in [1.54, 1.807) is 53.9 Å².